The van der Waals surface area contributed by atoms with Crippen molar-refractivity contribution in [2.24, 2.45) is 11.7 Å². The first-order valence-corrected chi connectivity index (χ1v) is 5.91. The maximum Gasteiger partial charge on any atom is 0.339 e. The Morgan fingerprint density at radius 3 is 2.63 bits per heavy atom. The number of halogens is 1. The quantitative estimate of drug-likeness (QED) is 0.859. The minimum absolute atomic E-state index is 0.0130. The van der Waals surface area contributed by atoms with Crippen LogP contribution < -0.4 is 10.6 Å². The summed E-state index contributed by atoms with van der Waals surface area (Å²) in [6.07, 6.45) is -0.0130. The molecule has 7 heteroatoms. The van der Waals surface area contributed by atoms with Crippen molar-refractivity contribution in [1.82, 2.24) is 0 Å². The standard InChI is InChI=1S/C12H11ClN2O4/c13-7-2-1-3-8(10(7)12(18)19)15-5-6(11(14)17)4-9(15)16/h1-3,6H,4-5H2,(H2,14,17)(H,18,19). The fourth-order valence-corrected chi connectivity index (χ4v) is 2.33. The Kier molecular flexibility index (Phi) is 3.44. The van der Waals surface area contributed by atoms with Crippen LogP contribution in [0.25, 0.3) is 0 Å². The van der Waals surface area contributed by atoms with Gasteiger partial charge in [-0.1, -0.05) is 17.7 Å². The summed E-state index contributed by atoms with van der Waals surface area (Å²) < 4.78 is 0. The number of anilines is 1. The van der Waals surface area contributed by atoms with Gasteiger partial charge in [0.25, 0.3) is 0 Å². The van der Waals surface area contributed by atoms with Gasteiger partial charge in [0.15, 0.2) is 0 Å². The van der Waals surface area contributed by atoms with Crippen molar-refractivity contribution in [3.63, 3.8) is 0 Å². The zero-order valence-corrected chi connectivity index (χ0v) is 10.6. The molecule has 2 rings (SSSR count). The van der Waals surface area contributed by atoms with E-state index in [1.807, 2.05) is 0 Å². The van der Waals surface area contributed by atoms with Gasteiger partial charge in [0.1, 0.15) is 5.56 Å². The molecule has 0 saturated carbocycles. The normalized spacial score (nSPS) is 18.7. The minimum atomic E-state index is -1.23. The second-order valence-electron chi connectivity index (χ2n) is 4.25. The molecule has 6 nitrogen and oxygen atoms in total. The molecule has 0 spiro atoms. The van der Waals surface area contributed by atoms with Crippen LogP contribution in [0.4, 0.5) is 5.69 Å². The largest absolute Gasteiger partial charge is 0.478 e. The van der Waals surface area contributed by atoms with Gasteiger partial charge in [-0.3, -0.25) is 9.59 Å². The number of carboxylic acids is 1. The van der Waals surface area contributed by atoms with Gasteiger partial charge in [-0.25, -0.2) is 4.79 Å². The number of carboxylic acid groups (broad SMARTS) is 1. The van der Waals surface area contributed by atoms with Gasteiger partial charge < -0.3 is 15.7 Å². The summed E-state index contributed by atoms with van der Waals surface area (Å²) in [7, 11) is 0. The van der Waals surface area contributed by atoms with E-state index < -0.39 is 17.8 Å². The number of nitrogens with two attached hydrogens (primary N) is 1. The fourth-order valence-electron chi connectivity index (χ4n) is 2.08. The van der Waals surface area contributed by atoms with E-state index in [2.05, 4.69) is 0 Å². The SMILES string of the molecule is NC(=O)C1CC(=O)N(c2cccc(Cl)c2C(=O)O)C1. The number of hydrogen-bond donors (Lipinski definition) is 2. The van der Waals surface area contributed by atoms with Crippen LogP contribution in [-0.2, 0) is 9.59 Å². The van der Waals surface area contributed by atoms with Crippen molar-refractivity contribution >= 4 is 35.1 Å². The van der Waals surface area contributed by atoms with E-state index in [1.54, 1.807) is 6.07 Å². The van der Waals surface area contributed by atoms with Crippen molar-refractivity contribution in [2.75, 3.05) is 11.4 Å². The van der Waals surface area contributed by atoms with Crippen LogP contribution in [0.1, 0.15) is 16.8 Å². The Morgan fingerprint density at radius 1 is 1.42 bits per heavy atom. The number of benzene rings is 1. The number of hydrogen-bond acceptors (Lipinski definition) is 3. The van der Waals surface area contributed by atoms with E-state index in [0.717, 1.165) is 0 Å². The lowest BCUT2D eigenvalue weighted by molar-refractivity contribution is -0.123. The molecule has 1 saturated heterocycles. The van der Waals surface area contributed by atoms with Crippen LogP contribution in [0, 0.1) is 5.92 Å². The first kappa shape index (κ1) is 13.4. The van der Waals surface area contributed by atoms with Crippen molar-refractivity contribution in [3.8, 4) is 0 Å². The van der Waals surface area contributed by atoms with Crippen LogP contribution in [0.15, 0.2) is 18.2 Å². The Bertz CT molecular complexity index is 573. The zero-order chi connectivity index (χ0) is 14.2. The van der Waals surface area contributed by atoms with Gasteiger partial charge in [0, 0.05) is 13.0 Å². The molecule has 1 aromatic rings. The van der Waals surface area contributed by atoms with E-state index in [4.69, 9.17) is 22.4 Å². The molecular formula is C12H11ClN2O4. The molecule has 2 amide bonds. The molecule has 1 aliphatic rings. The second-order valence-corrected chi connectivity index (χ2v) is 4.65. The van der Waals surface area contributed by atoms with Crippen LogP contribution >= 0.6 is 11.6 Å². The number of nitrogens with zero attached hydrogens (tertiary/aromatic N) is 1. The number of amides is 2. The van der Waals surface area contributed by atoms with Gasteiger partial charge in [0.2, 0.25) is 11.8 Å². The van der Waals surface area contributed by atoms with Gasteiger partial charge >= 0.3 is 5.97 Å². The minimum Gasteiger partial charge on any atom is -0.478 e. The fraction of sp³-hybridized carbons (Fsp3) is 0.250. The number of primary amides is 1. The molecule has 1 heterocycles. The smallest absolute Gasteiger partial charge is 0.339 e. The molecule has 0 radical (unpaired) electrons. The molecule has 1 fully saturated rings. The van der Waals surface area contributed by atoms with E-state index in [-0.39, 0.29) is 35.1 Å². The average molecular weight is 283 g/mol. The van der Waals surface area contributed by atoms with Gasteiger partial charge in [-0.15, -0.1) is 0 Å². The summed E-state index contributed by atoms with van der Waals surface area (Å²) in [5.74, 6) is -2.74. The Morgan fingerprint density at radius 2 is 2.11 bits per heavy atom. The molecule has 19 heavy (non-hydrogen) atoms. The summed E-state index contributed by atoms with van der Waals surface area (Å²) in [6, 6.07) is 4.46. The summed E-state index contributed by atoms with van der Waals surface area (Å²) in [5, 5.41) is 9.20. The number of carbonyl (C=O) groups is 3. The summed E-state index contributed by atoms with van der Waals surface area (Å²) in [5.41, 5.74) is 5.21. The topological polar surface area (TPSA) is 101 Å². The molecule has 100 valence electrons. The lowest BCUT2D eigenvalue weighted by Crippen LogP contribution is -2.29. The predicted octanol–water partition coefficient (Wildman–Crippen LogP) is 0.876. The highest BCUT2D eigenvalue weighted by Crippen LogP contribution is 2.32. The maximum atomic E-state index is 11.9. The summed E-state index contributed by atoms with van der Waals surface area (Å²) in [4.78, 5) is 35.4. The van der Waals surface area contributed by atoms with Crippen molar-refractivity contribution < 1.29 is 19.5 Å². The molecule has 0 aliphatic carbocycles. The van der Waals surface area contributed by atoms with Crippen molar-refractivity contribution in [1.29, 1.82) is 0 Å². The second kappa shape index (κ2) is 4.89. The molecule has 1 aromatic carbocycles. The third-order valence-corrected chi connectivity index (χ3v) is 3.34. The lowest BCUT2D eigenvalue weighted by atomic mass is 10.1. The zero-order valence-electron chi connectivity index (χ0n) is 9.80. The molecular weight excluding hydrogens is 272 g/mol. The van der Waals surface area contributed by atoms with Crippen molar-refractivity contribution in [2.45, 2.75) is 6.42 Å². The molecule has 3 N–H and O–H groups in total. The highest BCUT2D eigenvalue weighted by atomic mass is 35.5. The highest BCUT2D eigenvalue weighted by molar-refractivity contribution is 6.34. The average Bonchev–Trinajstić information content (AvgIpc) is 2.70. The first-order chi connectivity index (χ1) is 8.91. The van der Waals surface area contributed by atoms with Gasteiger partial charge in [-0.05, 0) is 12.1 Å². The third-order valence-electron chi connectivity index (χ3n) is 3.02. The summed E-state index contributed by atoms with van der Waals surface area (Å²) in [6.45, 7) is 0.0782. The Labute approximate surface area is 113 Å². The molecule has 1 aliphatic heterocycles. The van der Waals surface area contributed by atoms with Crippen LogP contribution in [0.2, 0.25) is 5.02 Å². The molecule has 1 unspecified atom stereocenters. The Hall–Kier alpha value is -2.08. The van der Waals surface area contributed by atoms with E-state index >= 15 is 0 Å². The lowest BCUT2D eigenvalue weighted by Gasteiger charge is -2.19. The maximum absolute atomic E-state index is 11.9. The van der Waals surface area contributed by atoms with E-state index in [0.29, 0.717) is 0 Å². The van der Waals surface area contributed by atoms with E-state index in [1.165, 1.54) is 17.0 Å². The van der Waals surface area contributed by atoms with Crippen LogP contribution in [0.5, 0.6) is 0 Å². The number of aromatic carboxylic acids is 1. The first-order valence-electron chi connectivity index (χ1n) is 5.53. The van der Waals surface area contributed by atoms with E-state index in [9.17, 15) is 14.4 Å². The number of rotatable bonds is 3. The summed E-state index contributed by atoms with van der Waals surface area (Å²) >= 11 is 5.84. The van der Waals surface area contributed by atoms with Gasteiger partial charge in [-0.2, -0.15) is 0 Å². The van der Waals surface area contributed by atoms with Crippen LogP contribution in [0.3, 0.4) is 0 Å². The molecule has 1 atom stereocenters. The predicted molar refractivity (Wildman–Crippen MR) is 68.1 cm³/mol. The third kappa shape index (κ3) is 2.39. The monoisotopic (exact) mass is 282 g/mol. The van der Waals surface area contributed by atoms with Gasteiger partial charge in [0.05, 0.1) is 16.6 Å². The highest BCUT2D eigenvalue weighted by Gasteiger charge is 2.36. The Balaban J connectivity index is 2.43. The molecule has 0 bridgehead atoms. The number of carbonyl (C=O) groups excluding carboxylic acids is 2. The van der Waals surface area contributed by atoms with Crippen molar-refractivity contribution in [3.05, 3.63) is 28.8 Å². The van der Waals surface area contributed by atoms with Crippen LogP contribution in [-0.4, -0.2) is 29.4 Å². The molecule has 0 aromatic heterocycles.